The van der Waals surface area contributed by atoms with Gasteiger partial charge in [0.2, 0.25) is 0 Å². The van der Waals surface area contributed by atoms with E-state index in [0.717, 1.165) is 18.3 Å². The van der Waals surface area contributed by atoms with Crippen LogP contribution in [0.2, 0.25) is 5.15 Å². The molecule has 0 amide bonds. The fraction of sp³-hybridized carbons (Fsp3) is 0.714. The maximum atomic E-state index is 5.74. The maximum Gasteiger partial charge on any atom is 0.186 e. The lowest BCUT2D eigenvalue weighted by atomic mass is 9.97. The molecule has 12 heavy (non-hydrogen) atoms. The van der Waals surface area contributed by atoms with Gasteiger partial charge in [0.1, 0.15) is 0 Å². The average molecular weight is 206 g/mol. The molecule has 0 bridgehead atoms. The van der Waals surface area contributed by atoms with Crippen LogP contribution in [-0.4, -0.2) is 15.3 Å². The predicted molar refractivity (Wildman–Crippen MR) is 52.9 cm³/mol. The van der Waals surface area contributed by atoms with Crippen molar-refractivity contribution in [3.05, 3.63) is 5.15 Å². The highest BCUT2D eigenvalue weighted by Gasteiger charge is 2.12. The zero-order valence-corrected chi connectivity index (χ0v) is 8.96. The first kappa shape index (κ1) is 9.74. The third-order valence-electron chi connectivity index (χ3n) is 1.23. The van der Waals surface area contributed by atoms with Crippen LogP contribution in [0.25, 0.3) is 0 Å². The summed E-state index contributed by atoms with van der Waals surface area (Å²) < 4.78 is 7.86. The zero-order valence-electron chi connectivity index (χ0n) is 7.39. The highest BCUT2D eigenvalue weighted by atomic mass is 35.5. The smallest absolute Gasteiger partial charge is 0.186 e. The third-order valence-corrected chi connectivity index (χ3v) is 2.13. The van der Waals surface area contributed by atoms with Crippen molar-refractivity contribution in [3.63, 3.8) is 0 Å². The van der Waals surface area contributed by atoms with E-state index in [9.17, 15) is 0 Å². The summed E-state index contributed by atoms with van der Waals surface area (Å²) in [4.78, 5) is 0. The quantitative estimate of drug-likeness (QED) is 0.807. The molecule has 0 fully saturated rings. The lowest BCUT2D eigenvalue weighted by Gasteiger charge is -2.18. The molecule has 0 aliphatic carbocycles. The molecule has 5 heteroatoms. The molecule has 1 N–H and O–H groups in total. The third kappa shape index (κ3) is 2.95. The van der Waals surface area contributed by atoms with E-state index in [0.29, 0.717) is 11.0 Å². The number of hydrogen-bond acceptors (Lipinski definition) is 4. The molecule has 0 atom stereocenters. The van der Waals surface area contributed by atoms with Crippen LogP contribution in [0.1, 0.15) is 20.8 Å². The summed E-state index contributed by atoms with van der Waals surface area (Å²) in [6, 6.07) is 0. The lowest BCUT2D eigenvalue weighted by molar-refractivity contribution is 0.442. The first-order valence-electron chi connectivity index (χ1n) is 3.71. The maximum absolute atomic E-state index is 5.74. The molecule has 0 radical (unpaired) electrons. The van der Waals surface area contributed by atoms with Gasteiger partial charge in [0.05, 0.1) is 11.7 Å². The second kappa shape index (κ2) is 3.58. The Hall–Kier alpha value is -0.350. The van der Waals surface area contributed by atoms with Crippen molar-refractivity contribution in [2.24, 2.45) is 5.41 Å². The van der Waals surface area contributed by atoms with Gasteiger partial charge in [-0.1, -0.05) is 32.4 Å². The Morgan fingerprint density at radius 2 is 2.08 bits per heavy atom. The van der Waals surface area contributed by atoms with Gasteiger partial charge in [-0.2, -0.15) is 8.75 Å². The average Bonchev–Trinajstić information content (AvgIpc) is 2.29. The van der Waals surface area contributed by atoms with Crippen LogP contribution in [0.15, 0.2) is 0 Å². The molecule has 0 spiro atoms. The van der Waals surface area contributed by atoms with Gasteiger partial charge in [0.15, 0.2) is 11.0 Å². The van der Waals surface area contributed by atoms with Crippen LogP contribution >= 0.6 is 23.3 Å². The largest absolute Gasteiger partial charge is 0.366 e. The molecule has 68 valence electrons. The summed E-state index contributed by atoms with van der Waals surface area (Å²) in [5, 5.41) is 3.60. The highest BCUT2D eigenvalue weighted by molar-refractivity contribution is 6.99. The molecule has 0 unspecified atom stereocenters. The zero-order chi connectivity index (χ0) is 9.19. The molecule has 1 rings (SSSR count). The van der Waals surface area contributed by atoms with Crippen molar-refractivity contribution < 1.29 is 0 Å². The van der Waals surface area contributed by atoms with Gasteiger partial charge in [-0.3, -0.25) is 0 Å². The van der Waals surface area contributed by atoms with Crippen LogP contribution in [0.5, 0.6) is 0 Å². The van der Waals surface area contributed by atoms with Crippen molar-refractivity contribution >= 4 is 29.1 Å². The molecule has 0 saturated carbocycles. The first-order valence-corrected chi connectivity index (χ1v) is 4.82. The lowest BCUT2D eigenvalue weighted by Crippen LogP contribution is -2.19. The predicted octanol–water partition coefficient (Wildman–Crippen LogP) is 2.65. The number of halogens is 1. The van der Waals surface area contributed by atoms with Crippen molar-refractivity contribution in [2.75, 3.05) is 11.9 Å². The molecule has 0 saturated heterocycles. The van der Waals surface area contributed by atoms with E-state index in [1.54, 1.807) is 0 Å². The van der Waals surface area contributed by atoms with Crippen molar-refractivity contribution in [1.82, 2.24) is 8.75 Å². The number of rotatable bonds is 2. The van der Waals surface area contributed by atoms with E-state index in [1.807, 2.05) is 0 Å². The second-order valence-corrected chi connectivity index (χ2v) is 4.70. The first-order chi connectivity index (χ1) is 5.49. The minimum Gasteiger partial charge on any atom is -0.366 e. The van der Waals surface area contributed by atoms with Gasteiger partial charge >= 0.3 is 0 Å². The number of aromatic nitrogens is 2. The van der Waals surface area contributed by atoms with E-state index in [2.05, 4.69) is 34.8 Å². The molecule has 0 aliphatic heterocycles. The van der Waals surface area contributed by atoms with Crippen molar-refractivity contribution in [3.8, 4) is 0 Å². The van der Waals surface area contributed by atoms with Crippen LogP contribution in [-0.2, 0) is 0 Å². The summed E-state index contributed by atoms with van der Waals surface area (Å²) in [6.45, 7) is 7.28. The second-order valence-electron chi connectivity index (χ2n) is 3.82. The summed E-state index contributed by atoms with van der Waals surface area (Å²) >= 11 is 6.87. The summed E-state index contributed by atoms with van der Waals surface area (Å²) in [5.74, 6) is 0.691. The van der Waals surface area contributed by atoms with Crippen molar-refractivity contribution in [2.45, 2.75) is 20.8 Å². The minimum absolute atomic E-state index is 0.229. The van der Waals surface area contributed by atoms with Gasteiger partial charge in [-0.05, 0) is 5.41 Å². The number of nitrogens with zero attached hydrogens (tertiary/aromatic N) is 2. The van der Waals surface area contributed by atoms with E-state index >= 15 is 0 Å². The molecule has 3 nitrogen and oxygen atoms in total. The Kier molecular flexibility index (Phi) is 2.90. The van der Waals surface area contributed by atoms with Crippen LogP contribution < -0.4 is 5.32 Å². The summed E-state index contributed by atoms with van der Waals surface area (Å²) in [7, 11) is 0. The molecular formula is C7H12ClN3S. The Bertz CT molecular complexity index is 253. The monoisotopic (exact) mass is 205 g/mol. The molecule has 0 aromatic carbocycles. The van der Waals surface area contributed by atoms with E-state index in [4.69, 9.17) is 11.6 Å². The summed E-state index contributed by atoms with van der Waals surface area (Å²) in [5.41, 5.74) is 0.229. The standard InChI is InChI=1S/C7H12ClN3S/c1-7(2,3)4-9-6-5(8)10-12-11-6/h4H2,1-3H3,(H,9,11). The Morgan fingerprint density at radius 1 is 1.42 bits per heavy atom. The van der Waals surface area contributed by atoms with Crippen LogP contribution in [0.4, 0.5) is 5.82 Å². The van der Waals surface area contributed by atoms with Gasteiger partial charge in [0.25, 0.3) is 0 Å². The fourth-order valence-electron chi connectivity index (χ4n) is 0.632. The Balaban J connectivity index is 2.49. The van der Waals surface area contributed by atoms with Gasteiger partial charge < -0.3 is 5.32 Å². The molecule has 1 heterocycles. The van der Waals surface area contributed by atoms with Crippen molar-refractivity contribution in [1.29, 1.82) is 0 Å². The SMILES string of the molecule is CC(C)(C)CNc1nsnc1Cl. The normalized spacial score (nSPS) is 11.7. The summed E-state index contributed by atoms with van der Waals surface area (Å²) in [6.07, 6.45) is 0. The fourth-order valence-corrected chi connectivity index (χ4v) is 1.32. The highest BCUT2D eigenvalue weighted by Crippen LogP contribution is 2.20. The van der Waals surface area contributed by atoms with Gasteiger partial charge in [-0.25, -0.2) is 0 Å². The minimum atomic E-state index is 0.229. The van der Waals surface area contributed by atoms with E-state index in [-0.39, 0.29) is 5.41 Å². The molecule has 1 aromatic rings. The molecule has 1 aromatic heterocycles. The number of anilines is 1. The van der Waals surface area contributed by atoms with Crippen LogP contribution in [0.3, 0.4) is 0 Å². The van der Waals surface area contributed by atoms with Gasteiger partial charge in [-0.15, -0.1) is 0 Å². The van der Waals surface area contributed by atoms with E-state index in [1.165, 1.54) is 0 Å². The van der Waals surface area contributed by atoms with Gasteiger partial charge in [0, 0.05) is 6.54 Å². The molecule has 0 aliphatic rings. The molecular weight excluding hydrogens is 194 g/mol. The Labute approximate surface area is 81.5 Å². The number of nitrogens with one attached hydrogen (secondary N) is 1. The Morgan fingerprint density at radius 3 is 2.50 bits per heavy atom. The van der Waals surface area contributed by atoms with Crippen LogP contribution in [0, 0.1) is 5.41 Å². The van der Waals surface area contributed by atoms with E-state index < -0.39 is 0 Å². The topological polar surface area (TPSA) is 37.8 Å². The number of hydrogen-bond donors (Lipinski definition) is 1.